The average Bonchev–Trinajstić information content (AvgIpc) is 2.82. The van der Waals surface area contributed by atoms with Crippen molar-refractivity contribution in [1.29, 1.82) is 0 Å². The number of allylic oxidation sites excluding steroid dienone is 10. The molecule has 34 heavy (non-hydrogen) atoms. The molecule has 0 aromatic rings. The Balaban J connectivity index is 4.14. The zero-order chi connectivity index (χ0) is 25.6. The smallest absolute Gasteiger partial charge is 0.0663 e. The first-order valence-electron chi connectivity index (χ1n) is 12.8. The Morgan fingerprint density at radius 3 is 0.882 bits per heavy atom. The minimum Gasteiger partial charge on any atom is -0.392 e. The van der Waals surface area contributed by atoms with Crippen molar-refractivity contribution >= 4 is 0 Å². The van der Waals surface area contributed by atoms with E-state index in [1.807, 2.05) is 12.2 Å². The Hall–Kier alpha value is -1.72. The standard InChI is InChI=1S/C30H50O4/c1-25(13-7-15-27(3)17-9-19-29(21-31)22-32)11-5-6-12-26(2)14-8-16-28(4)18-10-20-30(23-33)24-34/h11-12,15-16,19-20,31-34H,5-10,13-14,17-18,21-24H2,1-4H3/b25-11-,26-12-,27-15-,28-16-. The number of rotatable bonds is 19. The van der Waals surface area contributed by atoms with Gasteiger partial charge in [-0.25, -0.2) is 0 Å². The molecule has 0 radical (unpaired) electrons. The summed E-state index contributed by atoms with van der Waals surface area (Å²) in [6, 6.07) is 0. The molecule has 0 aliphatic heterocycles. The van der Waals surface area contributed by atoms with Gasteiger partial charge < -0.3 is 20.4 Å². The van der Waals surface area contributed by atoms with Crippen LogP contribution in [0.1, 0.15) is 91.9 Å². The number of aliphatic hydroxyl groups excluding tert-OH is 4. The lowest BCUT2D eigenvalue weighted by atomic mass is 10.0. The predicted octanol–water partition coefficient (Wildman–Crippen LogP) is 6.49. The predicted molar refractivity (Wildman–Crippen MR) is 146 cm³/mol. The van der Waals surface area contributed by atoms with E-state index in [2.05, 4.69) is 52.0 Å². The lowest BCUT2D eigenvalue weighted by Gasteiger charge is -2.03. The summed E-state index contributed by atoms with van der Waals surface area (Å²) in [7, 11) is 0. The Morgan fingerprint density at radius 1 is 0.382 bits per heavy atom. The molecule has 0 unspecified atom stereocenters. The van der Waals surface area contributed by atoms with Gasteiger partial charge in [0.05, 0.1) is 26.4 Å². The fraction of sp³-hybridized carbons (Fsp3) is 0.600. The highest BCUT2D eigenvalue weighted by atomic mass is 16.3. The van der Waals surface area contributed by atoms with Crippen LogP contribution in [0, 0.1) is 0 Å². The van der Waals surface area contributed by atoms with Gasteiger partial charge >= 0.3 is 0 Å². The third kappa shape index (κ3) is 18.7. The minimum atomic E-state index is -0.0627. The Bertz CT molecular complexity index is 646. The Morgan fingerprint density at radius 2 is 0.618 bits per heavy atom. The maximum absolute atomic E-state index is 9.06. The molecule has 4 N–H and O–H groups in total. The highest BCUT2D eigenvalue weighted by Crippen LogP contribution is 2.14. The minimum absolute atomic E-state index is 0.0627. The monoisotopic (exact) mass is 474 g/mol. The van der Waals surface area contributed by atoms with Crippen LogP contribution >= 0.6 is 0 Å². The van der Waals surface area contributed by atoms with Crippen molar-refractivity contribution in [3.8, 4) is 0 Å². The van der Waals surface area contributed by atoms with E-state index in [0.717, 1.165) is 64.2 Å². The van der Waals surface area contributed by atoms with E-state index in [1.54, 1.807) is 0 Å². The number of unbranched alkanes of at least 4 members (excludes halogenated alkanes) is 1. The van der Waals surface area contributed by atoms with Crippen LogP contribution in [0.3, 0.4) is 0 Å². The molecule has 0 saturated carbocycles. The molecule has 4 heteroatoms. The van der Waals surface area contributed by atoms with Crippen LogP contribution in [0.15, 0.2) is 69.9 Å². The molecular weight excluding hydrogens is 424 g/mol. The van der Waals surface area contributed by atoms with E-state index < -0.39 is 0 Å². The second-order valence-corrected chi connectivity index (χ2v) is 9.29. The van der Waals surface area contributed by atoms with Gasteiger partial charge in [-0.3, -0.25) is 0 Å². The molecule has 0 aliphatic carbocycles. The lowest BCUT2D eigenvalue weighted by Crippen LogP contribution is -1.95. The maximum atomic E-state index is 9.06. The van der Waals surface area contributed by atoms with Crippen LogP contribution in [0.5, 0.6) is 0 Å². The molecule has 0 saturated heterocycles. The molecule has 194 valence electrons. The molecule has 0 heterocycles. The van der Waals surface area contributed by atoms with Gasteiger partial charge in [-0.15, -0.1) is 0 Å². The van der Waals surface area contributed by atoms with Crippen LogP contribution in [0.2, 0.25) is 0 Å². The molecule has 0 atom stereocenters. The van der Waals surface area contributed by atoms with Crippen molar-refractivity contribution in [3.63, 3.8) is 0 Å². The summed E-state index contributed by atoms with van der Waals surface area (Å²) in [5, 5.41) is 36.2. The quantitative estimate of drug-likeness (QED) is 0.127. The lowest BCUT2D eigenvalue weighted by molar-refractivity contribution is 0.275. The maximum Gasteiger partial charge on any atom is 0.0663 e. The topological polar surface area (TPSA) is 80.9 Å². The SMILES string of the molecule is C/C(=C/CC/C(C)=C\CC/C=C(/C)CC/C=C(/C)CCC=C(CO)CO)CCC=C(CO)CO. The first-order chi connectivity index (χ1) is 16.4. The molecular formula is C30H50O4. The van der Waals surface area contributed by atoms with Gasteiger partial charge in [0, 0.05) is 0 Å². The van der Waals surface area contributed by atoms with E-state index in [4.69, 9.17) is 20.4 Å². The van der Waals surface area contributed by atoms with Crippen molar-refractivity contribution in [2.45, 2.75) is 91.9 Å². The highest BCUT2D eigenvalue weighted by molar-refractivity contribution is 5.09. The largest absolute Gasteiger partial charge is 0.392 e. The molecule has 0 aromatic carbocycles. The van der Waals surface area contributed by atoms with E-state index in [9.17, 15) is 0 Å². The summed E-state index contributed by atoms with van der Waals surface area (Å²) in [5.74, 6) is 0. The van der Waals surface area contributed by atoms with Crippen molar-refractivity contribution in [3.05, 3.63) is 69.9 Å². The second-order valence-electron chi connectivity index (χ2n) is 9.29. The average molecular weight is 475 g/mol. The fourth-order valence-electron chi connectivity index (χ4n) is 3.53. The van der Waals surface area contributed by atoms with Crippen LogP contribution < -0.4 is 0 Å². The molecule has 0 spiro atoms. The number of hydrogen-bond acceptors (Lipinski definition) is 4. The van der Waals surface area contributed by atoms with Crippen molar-refractivity contribution in [1.82, 2.24) is 0 Å². The van der Waals surface area contributed by atoms with Crippen molar-refractivity contribution < 1.29 is 20.4 Å². The van der Waals surface area contributed by atoms with Crippen molar-refractivity contribution in [2.24, 2.45) is 0 Å². The third-order valence-corrected chi connectivity index (χ3v) is 5.97. The van der Waals surface area contributed by atoms with Gasteiger partial charge in [0.25, 0.3) is 0 Å². The van der Waals surface area contributed by atoms with Crippen LogP contribution in [0.4, 0.5) is 0 Å². The van der Waals surface area contributed by atoms with Crippen LogP contribution in [-0.4, -0.2) is 46.9 Å². The van der Waals surface area contributed by atoms with Crippen LogP contribution in [-0.2, 0) is 0 Å². The zero-order valence-electron chi connectivity index (χ0n) is 22.2. The summed E-state index contributed by atoms with van der Waals surface area (Å²) >= 11 is 0. The van der Waals surface area contributed by atoms with E-state index in [-0.39, 0.29) is 26.4 Å². The number of hydrogen-bond donors (Lipinski definition) is 4. The van der Waals surface area contributed by atoms with Crippen LogP contribution in [0.25, 0.3) is 0 Å². The van der Waals surface area contributed by atoms with Gasteiger partial charge in [0.2, 0.25) is 0 Å². The van der Waals surface area contributed by atoms with E-state index in [0.29, 0.717) is 11.1 Å². The molecule has 0 fully saturated rings. The highest BCUT2D eigenvalue weighted by Gasteiger charge is 1.96. The third-order valence-electron chi connectivity index (χ3n) is 5.97. The summed E-state index contributed by atoms with van der Waals surface area (Å²) in [5.41, 5.74) is 7.00. The van der Waals surface area contributed by atoms with Gasteiger partial charge in [-0.1, -0.05) is 58.7 Å². The Labute approximate surface area is 208 Å². The van der Waals surface area contributed by atoms with Crippen molar-refractivity contribution in [2.75, 3.05) is 26.4 Å². The van der Waals surface area contributed by atoms with E-state index >= 15 is 0 Å². The zero-order valence-corrected chi connectivity index (χ0v) is 22.2. The van der Waals surface area contributed by atoms with Gasteiger partial charge in [-0.2, -0.15) is 0 Å². The molecule has 0 rings (SSSR count). The molecule has 0 bridgehead atoms. The first-order valence-corrected chi connectivity index (χ1v) is 12.8. The summed E-state index contributed by atoms with van der Waals surface area (Å²) < 4.78 is 0. The number of aliphatic hydroxyl groups is 4. The Kier molecular flexibility index (Phi) is 20.7. The summed E-state index contributed by atoms with van der Waals surface area (Å²) in [4.78, 5) is 0. The molecule has 0 aromatic heterocycles. The van der Waals surface area contributed by atoms with Gasteiger partial charge in [-0.05, 0) is 103 Å². The molecule has 4 nitrogen and oxygen atoms in total. The van der Waals surface area contributed by atoms with Gasteiger partial charge in [0.1, 0.15) is 0 Å². The first kappa shape index (κ1) is 32.3. The molecule has 0 amide bonds. The normalized spacial score (nSPS) is 13.3. The second kappa shape index (κ2) is 21.8. The summed E-state index contributed by atoms with van der Waals surface area (Å²) in [6.45, 7) is 8.47. The fourth-order valence-corrected chi connectivity index (χ4v) is 3.53. The van der Waals surface area contributed by atoms with E-state index in [1.165, 1.54) is 22.3 Å². The summed E-state index contributed by atoms with van der Waals surface area (Å²) in [6.07, 6.45) is 23.3. The van der Waals surface area contributed by atoms with Gasteiger partial charge in [0.15, 0.2) is 0 Å². The molecule has 0 aliphatic rings.